The van der Waals surface area contributed by atoms with Crippen LogP contribution in [0.5, 0.6) is 0 Å². The highest BCUT2D eigenvalue weighted by Gasteiger charge is 2.12. The van der Waals surface area contributed by atoms with Crippen LogP contribution >= 0.6 is 11.3 Å². The fourth-order valence-corrected chi connectivity index (χ4v) is 2.14. The molecule has 0 aliphatic carbocycles. The first-order chi connectivity index (χ1) is 8.11. The van der Waals surface area contributed by atoms with Crippen molar-refractivity contribution in [2.75, 3.05) is 12.8 Å². The number of ether oxygens (including phenoxy) is 1. The van der Waals surface area contributed by atoms with Gasteiger partial charge in [0.25, 0.3) is 0 Å². The van der Waals surface area contributed by atoms with Crippen LogP contribution in [0.15, 0.2) is 18.2 Å². The van der Waals surface area contributed by atoms with Crippen LogP contribution in [-0.2, 0) is 4.74 Å². The Morgan fingerprint density at radius 1 is 1.41 bits per heavy atom. The molecule has 2 rings (SSSR count). The average Bonchev–Trinajstić information content (AvgIpc) is 2.67. The summed E-state index contributed by atoms with van der Waals surface area (Å²) >= 11 is 1.39. The van der Waals surface area contributed by atoms with Gasteiger partial charge in [-0.25, -0.2) is 14.8 Å². The van der Waals surface area contributed by atoms with Crippen molar-refractivity contribution in [1.82, 2.24) is 9.97 Å². The van der Waals surface area contributed by atoms with Gasteiger partial charge in [-0.05, 0) is 19.1 Å². The van der Waals surface area contributed by atoms with Gasteiger partial charge in [0.1, 0.15) is 11.4 Å². The molecule has 0 aliphatic rings. The number of nitrogens with zero attached hydrogens (tertiary/aromatic N) is 2. The number of aryl methyl sites for hydroxylation is 1. The van der Waals surface area contributed by atoms with E-state index in [2.05, 4.69) is 14.7 Å². The fraction of sp³-hybridized carbons (Fsp3) is 0.182. The number of nitrogen functional groups attached to an aromatic ring is 1. The maximum absolute atomic E-state index is 11.4. The lowest BCUT2D eigenvalue weighted by atomic mass is 10.2. The first kappa shape index (κ1) is 11.5. The Labute approximate surface area is 102 Å². The number of aromatic nitrogens is 2. The average molecular weight is 249 g/mol. The van der Waals surface area contributed by atoms with Crippen LogP contribution in [0.4, 0.5) is 5.13 Å². The van der Waals surface area contributed by atoms with Crippen LogP contribution in [0.1, 0.15) is 15.4 Å². The number of esters is 1. The molecule has 0 aromatic carbocycles. The van der Waals surface area contributed by atoms with Crippen molar-refractivity contribution < 1.29 is 9.53 Å². The number of pyridine rings is 1. The summed E-state index contributed by atoms with van der Waals surface area (Å²) in [5, 5.41) is 0.489. The molecule has 0 aliphatic heterocycles. The molecule has 2 aromatic rings. The highest BCUT2D eigenvalue weighted by atomic mass is 32.1. The molecular weight excluding hydrogens is 238 g/mol. The molecule has 2 N–H and O–H groups in total. The van der Waals surface area contributed by atoms with E-state index >= 15 is 0 Å². The van der Waals surface area contributed by atoms with Gasteiger partial charge in [-0.2, -0.15) is 0 Å². The lowest BCUT2D eigenvalue weighted by molar-refractivity contribution is 0.0594. The highest BCUT2D eigenvalue weighted by molar-refractivity contribution is 7.15. The van der Waals surface area contributed by atoms with Crippen LogP contribution in [0.2, 0.25) is 0 Å². The zero-order valence-electron chi connectivity index (χ0n) is 9.43. The lowest BCUT2D eigenvalue weighted by Crippen LogP contribution is -2.04. The zero-order valence-corrected chi connectivity index (χ0v) is 10.2. The summed E-state index contributed by atoms with van der Waals surface area (Å²) < 4.78 is 4.62. The smallest absolute Gasteiger partial charge is 0.356 e. The minimum absolute atomic E-state index is 0.260. The van der Waals surface area contributed by atoms with Gasteiger partial charge in [0.15, 0.2) is 5.13 Å². The van der Waals surface area contributed by atoms with Crippen LogP contribution < -0.4 is 5.73 Å². The minimum atomic E-state index is -0.465. The van der Waals surface area contributed by atoms with Gasteiger partial charge in [-0.15, -0.1) is 11.3 Å². The maximum atomic E-state index is 11.4. The Balaban J connectivity index is 2.46. The second-order valence-corrected chi connectivity index (χ2v) is 4.59. The second kappa shape index (κ2) is 4.50. The molecule has 0 bridgehead atoms. The van der Waals surface area contributed by atoms with E-state index in [4.69, 9.17) is 5.73 Å². The van der Waals surface area contributed by atoms with E-state index in [0.29, 0.717) is 16.5 Å². The standard InChI is InChI=1S/C11H11N3O2S/c1-6-9(14-11(12)17-6)7-4-3-5-8(13-7)10(15)16-2/h3-5H,1-2H3,(H2,12,14). The maximum Gasteiger partial charge on any atom is 0.356 e. The highest BCUT2D eigenvalue weighted by Crippen LogP contribution is 2.27. The van der Waals surface area contributed by atoms with E-state index in [-0.39, 0.29) is 5.69 Å². The van der Waals surface area contributed by atoms with E-state index < -0.39 is 5.97 Å². The van der Waals surface area contributed by atoms with Crippen LogP contribution in [-0.4, -0.2) is 23.0 Å². The van der Waals surface area contributed by atoms with Crippen molar-refractivity contribution in [2.45, 2.75) is 6.92 Å². The number of hydrogen-bond donors (Lipinski definition) is 1. The molecule has 17 heavy (non-hydrogen) atoms. The van der Waals surface area contributed by atoms with Crippen molar-refractivity contribution in [2.24, 2.45) is 0 Å². The predicted octanol–water partition coefficient (Wildman–Crippen LogP) is 1.88. The summed E-state index contributed by atoms with van der Waals surface area (Å²) in [7, 11) is 1.32. The third-order valence-corrected chi connectivity index (χ3v) is 3.00. The number of carbonyl (C=O) groups is 1. The Bertz CT molecular complexity index is 566. The van der Waals surface area contributed by atoms with Gasteiger partial charge in [-0.1, -0.05) is 6.07 Å². The molecule has 0 radical (unpaired) electrons. The first-order valence-corrected chi connectivity index (χ1v) is 5.72. The molecule has 0 fully saturated rings. The first-order valence-electron chi connectivity index (χ1n) is 4.90. The minimum Gasteiger partial charge on any atom is -0.464 e. The topological polar surface area (TPSA) is 78.1 Å². The van der Waals surface area contributed by atoms with Crippen molar-refractivity contribution in [3.63, 3.8) is 0 Å². The van der Waals surface area contributed by atoms with Crippen molar-refractivity contribution in [1.29, 1.82) is 0 Å². The van der Waals surface area contributed by atoms with E-state index in [9.17, 15) is 4.79 Å². The lowest BCUT2D eigenvalue weighted by Gasteiger charge is -2.01. The number of rotatable bonds is 2. The number of thiazole rings is 1. The predicted molar refractivity (Wildman–Crippen MR) is 65.8 cm³/mol. The molecule has 5 nitrogen and oxygen atoms in total. The van der Waals surface area contributed by atoms with Crippen molar-refractivity contribution in [3.05, 3.63) is 28.8 Å². The second-order valence-electron chi connectivity index (χ2n) is 3.36. The van der Waals surface area contributed by atoms with E-state index in [0.717, 1.165) is 4.88 Å². The molecule has 2 aromatic heterocycles. The fourth-order valence-electron chi connectivity index (χ4n) is 1.44. The Morgan fingerprint density at radius 3 is 2.76 bits per heavy atom. The number of methoxy groups -OCH3 is 1. The number of hydrogen-bond acceptors (Lipinski definition) is 6. The summed E-state index contributed by atoms with van der Waals surface area (Å²) in [6.45, 7) is 1.91. The number of carbonyl (C=O) groups excluding carboxylic acids is 1. The molecular formula is C11H11N3O2S. The van der Waals surface area contributed by atoms with Gasteiger partial charge in [0, 0.05) is 4.88 Å². The van der Waals surface area contributed by atoms with Gasteiger partial charge in [0.2, 0.25) is 0 Å². The van der Waals surface area contributed by atoms with Crippen LogP contribution in [0.25, 0.3) is 11.4 Å². The van der Waals surface area contributed by atoms with E-state index in [1.165, 1.54) is 18.4 Å². The Kier molecular flexibility index (Phi) is 3.06. The van der Waals surface area contributed by atoms with E-state index in [1.807, 2.05) is 6.92 Å². The number of nitrogens with two attached hydrogens (primary N) is 1. The van der Waals surface area contributed by atoms with E-state index in [1.54, 1.807) is 18.2 Å². The summed E-state index contributed by atoms with van der Waals surface area (Å²) in [5.41, 5.74) is 7.22. The third-order valence-electron chi connectivity index (χ3n) is 2.20. The summed E-state index contributed by atoms with van der Waals surface area (Å²) in [5.74, 6) is -0.465. The molecule has 6 heteroatoms. The SMILES string of the molecule is COC(=O)c1cccc(-c2nc(N)sc2C)n1. The van der Waals surface area contributed by atoms with Gasteiger partial charge >= 0.3 is 5.97 Å². The molecule has 88 valence electrons. The Hall–Kier alpha value is -1.95. The summed E-state index contributed by atoms with van der Waals surface area (Å²) in [6, 6.07) is 5.12. The van der Waals surface area contributed by atoms with Gasteiger partial charge in [-0.3, -0.25) is 0 Å². The van der Waals surface area contributed by atoms with Crippen molar-refractivity contribution >= 4 is 22.4 Å². The van der Waals surface area contributed by atoms with Gasteiger partial charge in [0.05, 0.1) is 12.8 Å². The Morgan fingerprint density at radius 2 is 2.18 bits per heavy atom. The number of anilines is 1. The van der Waals surface area contributed by atoms with Gasteiger partial charge < -0.3 is 10.5 Å². The normalized spacial score (nSPS) is 10.2. The zero-order chi connectivity index (χ0) is 12.4. The molecule has 2 heterocycles. The molecule has 0 unspecified atom stereocenters. The summed E-state index contributed by atoms with van der Waals surface area (Å²) in [4.78, 5) is 20.7. The molecule has 0 saturated heterocycles. The molecule has 0 saturated carbocycles. The third kappa shape index (κ3) is 2.26. The van der Waals surface area contributed by atoms with Crippen molar-refractivity contribution in [3.8, 4) is 11.4 Å². The van der Waals surface area contributed by atoms with Crippen LogP contribution in [0.3, 0.4) is 0 Å². The molecule has 0 spiro atoms. The molecule has 0 amide bonds. The summed E-state index contributed by atoms with van der Waals surface area (Å²) in [6.07, 6.45) is 0. The van der Waals surface area contributed by atoms with Crippen LogP contribution in [0, 0.1) is 6.92 Å². The quantitative estimate of drug-likeness (QED) is 0.822. The molecule has 0 atom stereocenters. The largest absolute Gasteiger partial charge is 0.464 e. The monoisotopic (exact) mass is 249 g/mol.